The molecule has 108 valence electrons. The summed E-state index contributed by atoms with van der Waals surface area (Å²) in [6.45, 7) is 0. The van der Waals surface area contributed by atoms with Gasteiger partial charge in [-0.3, -0.25) is 0 Å². The van der Waals surface area contributed by atoms with E-state index in [-0.39, 0.29) is 12.2 Å². The highest BCUT2D eigenvalue weighted by molar-refractivity contribution is 9.39. The Morgan fingerprint density at radius 2 is 1.61 bits per heavy atom. The Morgan fingerprint density at radius 1 is 0.889 bits per heavy atom. The minimum atomic E-state index is -0.713. The largest absolute Gasteiger partial charge is 0.393 e. The van der Waals surface area contributed by atoms with Crippen LogP contribution in [0.3, 0.4) is 0 Å². The molecule has 3 N–H and O–H groups in total. The number of hydrogen-bond acceptors (Lipinski definition) is 8. The Hall–Kier alpha value is 1.98. The maximum Gasteiger partial charge on any atom is 0.312 e. The van der Waals surface area contributed by atoms with Crippen LogP contribution in [0.2, 0.25) is 0 Å². The van der Waals surface area contributed by atoms with E-state index in [1.165, 1.54) is 19.7 Å². The van der Waals surface area contributed by atoms with Gasteiger partial charge in [-0.05, 0) is 30.1 Å². The van der Waals surface area contributed by atoms with Crippen molar-refractivity contribution < 1.29 is 14.8 Å². The third-order valence-corrected chi connectivity index (χ3v) is 14.9. The van der Waals surface area contributed by atoms with Crippen molar-refractivity contribution in [2.24, 2.45) is 0 Å². The second-order valence-electron chi connectivity index (χ2n) is 3.91. The lowest BCUT2D eigenvalue weighted by molar-refractivity contribution is 0.150. The summed E-state index contributed by atoms with van der Waals surface area (Å²) in [7, 11) is 6.97. The van der Waals surface area contributed by atoms with Gasteiger partial charge < -0.3 is 10.2 Å². The molecule has 0 radical (unpaired) electrons. The molecule has 0 aromatic rings. The first-order valence-corrected chi connectivity index (χ1v) is 13.9. The van der Waals surface area contributed by atoms with E-state index in [2.05, 4.69) is 0 Å². The Labute approximate surface area is 130 Å². The zero-order valence-electron chi connectivity index (χ0n) is 9.90. The Bertz CT molecular complexity index is 159. The number of aliphatic hydroxyl groups excluding tert-OH is 2. The van der Waals surface area contributed by atoms with Crippen LogP contribution in [-0.4, -0.2) is 38.5 Å². The molecule has 0 aromatic carbocycles. The standard InChI is InChI=1S/C9H19O3S6/c10-8-3-1-2-4-9(11)7-14-15-17-18(12)16-13-6-5-8/h8-12H,1-7H2/q+1. The van der Waals surface area contributed by atoms with Crippen LogP contribution in [0.1, 0.15) is 32.1 Å². The highest BCUT2D eigenvalue weighted by atomic mass is 33.9. The second-order valence-corrected chi connectivity index (χ2v) is 14.8. The van der Waals surface area contributed by atoms with Crippen molar-refractivity contribution in [2.45, 2.75) is 44.3 Å². The highest BCUT2D eigenvalue weighted by Gasteiger charge is 2.23. The van der Waals surface area contributed by atoms with Gasteiger partial charge in [0.2, 0.25) is 19.7 Å². The first kappa shape index (κ1) is 18.0. The van der Waals surface area contributed by atoms with Crippen molar-refractivity contribution in [3.63, 3.8) is 0 Å². The molecule has 18 heavy (non-hydrogen) atoms. The molecule has 1 aliphatic heterocycles. The normalized spacial score (nSPS) is 34.5. The fraction of sp³-hybridized carbons (Fsp3) is 1.00. The molecular formula is C9H19O3S6+. The van der Waals surface area contributed by atoms with Crippen molar-refractivity contribution in [3.05, 3.63) is 0 Å². The Morgan fingerprint density at radius 3 is 2.39 bits per heavy atom. The van der Waals surface area contributed by atoms with Crippen LogP contribution in [0.4, 0.5) is 0 Å². The van der Waals surface area contributed by atoms with E-state index in [9.17, 15) is 14.8 Å². The van der Waals surface area contributed by atoms with Gasteiger partial charge in [0.05, 0.1) is 12.2 Å². The molecule has 1 aliphatic rings. The van der Waals surface area contributed by atoms with Gasteiger partial charge in [0.1, 0.15) is 0 Å². The van der Waals surface area contributed by atoms with Crippen LogP contribution in [0.5, 0.6) is 0 Å². The smallest absolute Gasteiger partial charge is 0.312 e. The lowest BCUT2D eigenvalue weighted by Crippen LogP contribution is -2.10. The summed E-state index contributed by atoms with van der Waals surface area (Å²) in [6.07, 6.45) is 3.85. The van der Waals surface area contributed by atoms with Gasteiger partial charge >= 0.3 is 9.24 Å². The van der Waals surface area contributed by atoms with Crippen LogP contribution in [0.25, 0.3) is 0 Å². The Balaban J connectivity index is 2.28. The van der Waals surface area contributed by atoms with E-state index in [1.807, 2.05) is 0 Å². The zero-order chi connectivity index (χ0) is 13.2. The van der Waals surface area contributed by atoms with Gasteiger partial charge in [0, 0.05) is 21.3 Å². The third kappa shape index (κ3) is 9.82. The molecule has 1 saturated heterocycles. The van der Waals surface area contributed by atoms with Crippen LogP contribution >= 0.6 is 51.1 Å². The van der Waals surface area contributed by atoms with Gasteiger partial charge in [0.25, 0.3) is 0 Å². The molecule has 0 aliphatic carbocycles. The molecule has 3 nitrogen and oxygen atoms in total. The molecule has 3 unspecified atom stereocenters. The first-order valence-electron chi connectivity index (χ1n) is 5.74. The molecule has 1 fully saturated rings. The van der Waals surface area contributed by atoms with E-state index >= 15 is 0 Å². The average Bonchev–Trinajstić information content (AvgIpc) is 2.35. The molecule has 1 heterocycles. The molecule has 1 rings (SSSR count). The van der Waals surface area contributed by atoms with Crippen molar-refractivity contribution in [2.75, 3.05) is 11.5 Å². The van der Waals surface area contributed by atoms with Gasteiger partial charge in [-0.15, -0.1) is 0 Å². The summed E-state index contributed by atoms with van der Waals surface area (Å²) >= 11 is 0. The third-order valence-electron chi connectivity index (χ3n) is 2.36. The maximum absolute atomic E-state index is 9.75. The molecule has 0 aromatic heterocycles. The lowest BCUT2D eigenvalue weighted by Gasteiger charge is -2.10. The predicted octanol–water partition coefficient (Wildman–Crippen LogP) is 4.00. The van der Waals surface area contributed by atoms with Crippen molar-refractivity contribution in [3.8, 4) is 0 Å². The topological polar surface area (TPSA) is 60.7 Å². The monoisotopic (exact) mass is 367 g/mol. The minimum Gasteiger partial charge on any atom is -0.393 e. The molecule has 0 spiro atoms. The first-order chi connectivity index (χ1) is 8.68. The average molecular weight is 368 g/mol. The van der Waals surface area contributed by atoms with E-state index < -0.39 is 9.24 Å². The number of aliphatic hydroxyl groups is 2. The second kappa shape index (κ2) is 11.6. The lowest BCUT2D eigenvalue weighted by atomic mass is 10.1. The minimum absolute atomic E-state index is 0.239. The van der Waals surface area contributed by atoms with E-state index in [0.717, 1.165) is 37.9 Å². The zero-order valence-corrected chi connectivity index (χ0v) is 14.8. The Kier molecular flexibility index (Phi) is 11.6. The van der Waals surface area contributed by atoms with E-state index in [4.69, 9.17) is 0 Å². The quantitative estimate of drug-likeness (QED) is 0.439. The molecule has 0 bridgehead atoms. The van der Waals surface area contributed by atoms with Crippen LogP contribution in [-0.2, 0) is 9.24 Å². The van der Waals surface area contributed by atoms with Gasteiger partial charge in [-0.1, -0.05) is 23.6 Å². The summed E-state index contributed by atoms with van der Waals surface area (Å²) in [6, 6.07) is 0. The summed E-state index contributed by atoms with van der Waals surface area (Å²) < 4.78 is 9.68. The highest BCUT2D eigenvalue weighted by Crippen LogP contribution is 2.47. The number of hydrogen-bond donors (Lipinski definition) is 3. The van der Waals surface area contributed by atoms with Crippen molar-refractivity contribution in [1.82, 2.24) is 0 Å². The van der Waals surface area contributed by atoms with Gasteiger partial charge in [-0.25, -0.2) is 0 Å². The molecule has 9 heteroatoms. The van der Waals surface area contributed by atoms with Gasteiger partial charge in [0.15, 0.2) is 0 Å². The van der Waals surface area contributed by atoms with Crippen molar-refractivity contribution >= 4 is 60.3 Å². The fourth-order valence-corrected chi connectivity index (χ4v) is 14.7. The van der Waals surface area contributed by atoms with E-state index in [1.54, 1.807) is 31.4 Å². The number of rotatable bonds is 0. The van der Waals surface area contributed by atoms with Crippen LogP contribution < -0.4 is 0 Å². The van der Waals surface area contributed by atoms with Gasteiger partial charge in [-0.2, -0.15) is 4.55 Å². The molecule has 0 amide bonds. The predicted molar refractivity (Wildman–Crippen MR) is 92.8 cm³/mol. The van der Waals surface area contributed by atoms with Crippen LogP contribution in [0.15, 0.2) is 0 Å². The fourth-order valence-electron chi connectivity index (χ4n) is 1.41. The molecular weight excluding hydrogens is 348 g/mol. The van der Waals surface area contributed by atoms with E-state index in [0.29, 0.717) is 5.75 Å². The maximum atomic E-state index is 9.75. The molecule has 3 atom stereocenters. The summed E-state index contributed by atoms with van der Waals surface area (Å²) in [5.41, 5.74) is 0. The SMILES string of the molecule is OC1CCCCC(O)CSSS[S+](O)SSCC1. The molecule has 0 saturated carbocycles. The van der Waals surface area contributed by atoms with Crippen LogP contribution in [0, 0.1) is 0 Å². The summed E-state index contributed by atoms with van der Waals surface area (Å²) in [5, 5.41) is 19.5. The van der Waals surface area contributed by atoms with Crippen molar-refractivity contribution in [1.29, 1.82) is 0 Å². The summed E-state index contributed by atoms with van der Waals surface area (Å²) in [4.78, 5) is 0. The summed E-state index contributed by atoms with van der Waals surface area (Å²) in [5.74, 6) is 1.58.